The first-order chi connectivity index (χ1) is 8.63. The normalized spacial score (nSPS) is 16.8. The topological polar surface area (TPSA) is 42.4 Å². The Kier molecular flexibility index (Phi) is 6.44. The molecule has 3 heteroatoms. The number of rotatable bonds is 8. The third-order valence-corrected chi connectivity index (χ3v) is 3.75. The van der Waals surface area contributed by atoms with E-state index in [9.17, 15) is 0 Å². The SMILES string of the molecule is CCC(C)CN(CC)C(c1ccco1)C(N)CC. The van der Waals surface area contributed by atoms with Gasteiger partial charge < -0.3 is 10.2 Å². The minimum atomic E-state index is 0.125. The summed E-state index contributed by atoms with van der Waals surface area (Å²) in [5, 5.41) is 0. The number of nitrogens with two attached hydrogens (primary N) is 1. The molecule has 18 heavy (non-hydrogen) atoms. The highest BCUT2D eigenvalue weighted by molar-refractivity contribution is 5.08. The highest BCUT2D eigenvalue weighted by Crippen LogP contribution is 2.26. The highest BCUT2D eigenvalue weighted by atomic mass is 16.3. The molecule has 1 rings (SSSR count). The predicted molar refractivity (Wildman–Crippen MR) is 76.4 cm³/mol. The molecule has 0 aromatic carbocycles. The molecule has 0 aliphatic carbocycles. The molecule has 0 radical (unpaired) electrons. The summed E-state index contributed by atoms with van der Waals surface area (Å²) in [7, 11) is 0. The van der Waals surface area contributed by atoms with Crippen molar-refractivity contribution in [2.45, 2.75) is 52.6 Å². The summed E-state index contributed by atoms with van der Waals surface area (Å²) in [6.45, 7) is 10.9. The number of nitrogens with zero attached hydrogens (tertiary/aromatic N) is 1. The zero-order valence-electron chi connectivity index (χ0n) is 12.2. The fourth-order valence-electron chi connectivity index (χ4n) is 2.31. The zero-order chi connectivity index (χ0) is 13.5. The van der Waals surface area contributed by atoms with E-state index in [0.29, 0.717) is 5.92 Å². The Morgan fingerprint density at radius 2 is 2.00 bits per heavy atom. The van der Waals surface area contributed by atoms with Crippen LogP contribution in [0.3, 0.4) is 0 Å². The molecular weight excluding hydrogens is 224 g/mol. The summed E-state index contributed by atoms with van der Waals surface area (Å²) in [4.78, 5) is 2.45. The van der Waals surface area contributed by atoms with E-state index in [1.54, 1.807) is 6.26 Å². The Morgan fingerprint density at radius 3 is 2.44 bits per heavy atom. The minimum Gasteiger partial charge on any atom is -0.468 e. The summed E-state index contributed by atoms with van der Waals surface area (Å²) in [6, 6.07) is 4.31. The minimum absolute atomic E-state index is 0.125. The molecule has 0 aliphatic rings. The second kappa shape index (κ2) is 7.59. The Hall–Kier alpha value is -0.800. The monoisotopic (exact) mass is 252 g/mol. The zero-order valence-corrected chi connectivity index (χ0v) is 12.2. The van der Waals surface area contributed by atoms with Gasteiger partial charge in [0.05, 0.1) is 12.3 Å². The van der Waals surface area contributed by atoms with Gasteiger partial charge in [-0.2, -0.15) is 0 Å². The Morgan fingerprint density at radius 1 is 1.28 bits per heavy atom. The molecule has 0 saturated heterocycles. The van der Waals surface area contributed by atoms with Crippen molar-refractivity contribution in [3.8, 4) is 0 Å². The van der Waals surface area contributed by atoms with Crippen LogP contribution in [0.5, 0.6) is 0 Å². The first kappa shape index (κ1) is 15.3. The van der Waals surface area contributed by atoms with E-state index >= 15 is 0 Å². The van der Waals surface area contributed by atoms with Crippen molar-refractivity contribution in [2.75, 3.05) is 13.1 Å². The van der Waals surface area contributed by atoms with E-state index in [1.807, 2.05) is 12.1 Å². The smallest absolute Gasteiger partial charge is 0.122 e. The lowest BCUT2D eigenvalue weighted by Gasteiger charge is -2.34. The van der Waals surface area contributed by atoms with Crippen LogP contribution in [0.25, 0.3) is 0 Å². The molecule has 0 fully saturated rings. The van der Waals surface area contributed by atoms with Gasteiger partial charge in [-0.05, 0) is 31.0 Å². The van der Waals surface area contributed by atoms with Crippen molar-refractivity contribution in [2.24, 2.45) is 11.7 Å². The fourth-order valence-corrected chi connectivity index (χ4v) is 2.31. The Labute approximate surface area is 111 Å². The summed E-state index contributed by atoms with van der Waals surface area (Å²) in [6.07, 6.45) is 3.90. The van der Waals surface area contributed by atoms with E-state index in [4.69, 9.17) is 10.2 Å². The fraction of sp³-hybridized carbons (Fsp3) is 0.733. The largest absolute Gasteiger partial charge is 0.468 e. The molecule has 3 atom stereocenters. The van der Waals surface area contributed by atoms with Crippen LogP contribution in [-0.4, -0.2) is 24.0 Å². The van der Waals surface area contributed by atoms with Gasteiger partial charge in [-0.25, -0.2) is 0 Å². The van der Waals surface area contributed by atoms with Crippen LogP contribution in [0.2, 0.25) is 0 Å². The molecular formula is C15H28N2O. The van der Waals surface area contributed by atoms with Crippen LogP contribution < -0.4 is 5.73 Å². The van der Waals surface area contributed by atoms with E-state index in [1.165, 1.54) is 6.42 Å². The molecule has 0 saturated carbocycles. The second-order valence-electron chi connectivity index (χ2n) is 5.13. The van der Waals surface area contributed by atoms with Gasteiger partial charge in [0.25, 0.3) is 0 Å². The maximum Gasteiger partial charge on any atom is 0.122 e. The van der Waals surface area contributed by atoms with Crippen molar-refractivity contribution >= 4 is 0 Å². The third-order valence-electron chi connectivity index (χ3n) is 3.75. The van der Waals surface area contributed by atoms with Crippen molar-refractivity contribution in [1.82, 2.24) is 4.90 Å². The molecule has 3 unspecified atom stereocenters. The van der Waals surface area contributed by atoms with E-state index in [0.717, 1.165) is 25.3 Å². The van der Waals surface area contributed by atoms with Crippen LogP contribution in [-0.2, 0) is 0 Å². The van der Waals surface area contributed by atoms with E-state index in [-0.39, 0.29) is 12.1 Å². The lowest BCUT2D eigenvalue weighted by molar-refractivity contribution is 0.135. The molecule has 0 spiro atoms. The van der Waals surface area contributed by atoms with Crippen molar-refractivity contribution < 1.29 is 4.42 Å². The van der Waals surface area contributed by atoms with Gasteiger partial charge in [-0.3, -0.25) is 4.90 Å². The molecule has 2 N–H and O–H groups in total. The maximum atomic E-state index is 6.30. The number of furan rings is 1. The molecule has 0 aliphatic heterocycles. The first-order valence-electron chi connectivity index (χ1n) is 7.16. The highest BCUT2D eigenvalue weighted by Gasteiger charge is 2.27. The van der Waals surface area contributed by atoms with Crippen molar-refractivity contribution in [3.05, 3.63) is 24.2 Å². The summed E-state index contributed by atoms with van der Waals surface area (Å²) in [5.41, 5.74) is 6.30. The average molecular weight is 252 g/mol. The van der Waals surface area contributed by atoms with Crippen molar-refractivity contribution in [3.63, 3.8) is 0 Å². The second-order valence-corrected chi connectivity index (χ2v) is 5.13. The first-order valence-corrected chi connectivity index (χ1v) is 7.16. The average Bonchev–Trinajstić information content (AvgIpc) is 2.90. The third kappa shape index (κ3) is 3.85. The number of likely N-dealkylation sites (N-methyl/N-ethyl adjacent to an activating group) is 1. The maximum absolute atomic E-state index is 6.30. The molecule has 0 amide bonds. The van der Waals surface area contributed by atoms with Crippen LogP contribution >= 0.6 is 0 Å². The predicted octanol–water partition coefficient (Wildman–Crippen LogP) is 3.43. The molecule has 1 aromatic rings. The van der Waals surface area contributed by atoms with Crippen LogP contribution in [0.15, 0.2) is 22.8 Å². The molecule has 1 aromatic heterocycles. The number of hydrogen-bond acceptors (Lipinski definition) is 3. The molecule has 104 valence electrons. The van der Waals surface area contributed by atoms with Crippen LogP contribution in [0, 0.1) is 5.92 Å². The quantitative estimate of drug-likeness (QED) is 0.771. The Bertz CT molecular complexity index is 310. The Balaban J connectivity index is 2.86. The van der Waals surface area contributed by atoms with Gasteiger partial charge in [0.2, 0.25) is 0 Å². The van der Waals surface area contributed by atoms with Gasteiger partial charge >= 0.3 is 0 Å². The van der Waals surface area contributed by atoms with Crippen molar-refractivity contribution in [1.29, 1.82) is 0 Å². The lowest BCUT2D eigenvalue weighted by Crippen LogP contribution is -2.42. The number of hydrogen-bond donors (Lipinski definition) is 1. The van der Waals surface area contributed by atoms with Crippen LogP contribution in [0.1, 0.15) is 52.3 Å². The van der Waals surface area contributed by atoms with Gasteiger partial charge in [0, 0.05) is 12.6 Å². The van der Waals surface area contributed by atoms with Gasteiger partial charge in [0.1, 0.15) is 5.76 Å². The molecule has 3 nitrogen and oxygen atoms in total. The molecule has 1 heterocycles. The lowest BCUT2D eigenvalue weighted by atomic mass is 9.99. The summed E-state index contributed by atoms with van der Waals surface area (Å²) < 4.78 is 5.59. The standard InChI is InChI=1S/C15H28N2O/c1-5-12(4)11-17(7-3)15(13(16)6-2)14-9-8-10-18-14/h8-10,12-13,15H,5-7,11,16H2,1-4H3. The van der Waals surface area contributed by atoms with Gasteiger partial charge in [-0.1, -0.05) is 34.1 Å². The van der Waals surface area contributed by atoms with E-state index < -0.39 is 0 Å². The summed E-state index contributed by atoms with van der Waals surface area (Å²) in [5.74, 6) is 1.68. The summed E-state index contributed by atoms with van der Waals surface area (Å²) >= 11 is 0. The van der Waals surface area contributed by atoms with Crippen LogP contribution in [0.4, 0.5) is 0 Å². The van der Waals surface area contributed by atoms with E-state index in [2.05, 4.69) is 32.6 Å². The molecule has 0 bridgehead atoms. The van der Waals surface area contributed by atoms with Gasteiger partial charge in [-0.15, -0.1) is 0 Å². The van der Waals surface area contributed by atoms with Gasteiger partial charge in [0.15, 0.2) is 0 Å².